The van der Waals surface area contributed by atoms with Crippen LogP contribution in [0.25, 0.3) is 0 Å². The summed E-state index contributed by atoms with van der Waals surface area (Å²) in [6.07, 6.45) is 0.740. The zero-order chi connectivity index (χ0) is 34.7. The van der Waals surface area contributed by atoms with Crippen molar-refractivity contribution in [2.24, 2.45) is 0 Å². The number of hydrogen-bond acceptors (Lipinski definition) is 8. The second-order valence-corrected chi connectivity index (χ2v) is 14.0. The van der Waals surface area contributed by atoms with Gasteiger partial charge < -0.3 is 29.3 Å². The fourth-order valence-corrected chi connectivity index (χ4v) is 7.27. The van der Waals surface area contributed by atoms with Crippen molar-refractivity contribution in [3.8, 4) is 5.75 Å². The van der Waals surface area contributed by atoms with E-state index in [1.54, 1.807) is 44.3 Å². The molecule has 3 aromatic carbocycles. The summed E-state index contributed by atoms with van der Waals surface area (Å²) in [5, 5.41) is 3.88. The molecule has 3 aliphatic heterocycles. The highest BCUT2D eigenvalue weighted by Crippen LogP contribution is 2.42. The van der Waals surface area contributed by atoms with Gasteiger partial charge in [-0.15, -0.1) is 11.8 Å². The van der Waals surface area contributed by atoms with Gasteiger partial charge in [0.15, 0.2) is 12.1 Å². The lowest BCUT2D eigenvalue weighted by Gasteiger charge is -2.51. The van der Waals surface area contributed by atoms with Gasteiger partial charge in [0.1, 0.15) is 22.8 Å². The number of carbonyl (C=O) groups is 4. The van der Waals surface area contributed by atoms with Crippen LogP contribution in [-0.2, 0) is 30.4 Å². The van der Waals surface area contributed by atoms with Gasteiger partial charge in [0.25, 0.3) is 0 Å². The molecule has 3 amide bonds. The van der Waals surface area contributed by atoms with Crippen LogP contribution in [0.2, 0.25) is 0 Å². The minimum Gasteiger partial charge on any atom is -0.497 e. The van der Waals surface area contributed by atoms with E-state index in [0.717, 1.165) is 22.4 Å². The Morgan fingerprint density at radius 2 is 1.59 bits per heavy atom. The SMILES string of the molecule is COc1ccc(CN2CCC(=CC3=CS[C@@H]4[C@H](NC(=O)OC(C)(C)C)C(=O)N4[C@H]3C(=O)OC(c3ccccc3)c3ccccc3)C2=O)cc1. The molecule has 3 aromatic rings. The largest absolute Gasteiger partial charge is 0.497 e. The molecule has 11 heteroatoms. The number of fused-ring (bicyclic) bond motifs is 1. The number of nitrogens with zero attached hydrogens (tertiary/aromatic N) is 2. The predicted octanol–water partition coefficient (Wildman–Crippen LogP) is 5.75. The van der Waals surface area contributed by atoms with Gasteiger partial charge in [-0.05, 0) is 73.1 Å². The number of likely N-dealkylation sites (tertiary alicyclic amines) is 1. The Morgan fingerprint density at radius 1 is 0.959 bits per heavy atom. The van der Waals surface area contributed by atoms with E-state index in [1.807, 2.05) is 84.9 Å². The van der Waals surface area contributed by atoms with E-state index in [0.29, 0.717) is 30.7 Å². The predicted molar refractivity (Wildman–Crippen MR) is 185 cm³/mol. The first-order valence-corrected chi connectivity index (χ1v) is 17.1. The highest BCUT2D eigenvalue weighted by molar-refractivity contribution is 8.03. The van der Waals surface area contributed by atoms with Crippen LogP contribution in [0.3, 0.4) is 0 Å². The molecule has 0 bridgehead atoms. The Morgan fingerprint density at radius 3 is 2.18 bits per heavy atom. The van der Waals surface area contributed by atoms with Gasteiger partial charge in [0, 0.05) is 18.7 Å². The van der Waals surface area contributed by atoms with E-state index in [-0.39, 0.29) is 5.91 Å². The maximum atomic E-state index is 14.3. The van der Waals surface area contributed by atoms with Crippen LogP contribution in [0.5, 0.6) is 5.75 Å². The normalized spacial score (nSPS) is 21.2. The fourth-order valence-electron chi connectivity index (χ4n) is 6.08. The Bertz CT molecular complexity index is 1730. The molecule has 0 saturated carbocycles. The standard InChI is InChI=1S/C38H39N3O7S/c1-38(2,3)48-37(45)39-30-34(43)41-31(36(44)47-32(25-11-7-5-8-12-25)26-13-9-6-10-14-26)28(23-49-35(30)41)21-27-19-20-40(33(27)42)22-24-15-17-29(46-4)18-16-24/h5-18,21,23,30-32,35H,19-20,22H2,1-4H3,(H,39,45)/t30-,31-,35-/m1/s1. The molecule has 0 aliphatic carbocycles. The molecular weight excluding hydrogens is 642 g/mol. The van der Waals surface area contributed by atoms with Gasteiger partial charge in [-0.2, -0.15) is 0 Å². The lowest BCUT2D eigenvalue weighted by Crippen LogP contribution is -2.74. The summed E-state index contributed by atoms with van der Waals surface area (Å²) < 4.78 is 16.9. The molecule has 0 radical (unpaired) electrons. The lowest BCUT2D eigenvalue weighted by atomic mass is 9.95. The number of hydrogen-bond donors (Lipinski definition) is 1. The number of amides is 3. The first kappa shape index (κ1) is 33.9. The minimum absolute atomic E-state index is 0.137. The van der Waals surface area contributed by atoms with Crippen molar-refractivity contribution in [2.45, 2.75) is 62.9 Å². The van der Waals surface area contributed by atoms with Crippen molar-refractivity contribution in [1.29, 1.82) is 0 Å². The quantitative estimate of drug-likeness (QED) is 0.173. The summed E-state index contributed by atoms with van der Waals surface area (Å²) in [6, 6.07) is 24.3. The van der Waals surface area contributed by atoms with Crippen LogP contribution in [-0.4, -0.2) is 70.4 Å². The molecule has 0 aromatic heterocycles. The third-order valence-corrected chi connectivity index (χ3v) is 9.62. The van der Waals surface area contributed by atoms with Gasteiger partial charge in [0.2, 0.25) is 11.8 Å². The molecule has 1 N–H and O–H groups in total. The highest BCUT2D eigenvalue weighted by atomic mass is 32.2. The topological polar surface area (TPSA) is 114 Å². The number of nitrogens with one attached hydrogen (secondary N) is 1. The summed E-state index contributed by atoms with van der Waals surface area (Å²) in [5.41, 5.74) is 2.77. The Hall–Kier alpha value is -5.03. The van der Waals surface area contributed by atoms with E-state index in [9.17, 15) is 19.2 Å². The van der Waals surface area contributed by atoms with Gasteiger partial charge in [-0.1, -0.05) is 72.8 Å². The van der Waals surface area contributed by atoms with Crippen molar-refractivity contribution in [2.75, 3.05) is 13.7 Å². The Kier molecular flexibility index (Phi) is 9.82. The summed E-state index contributed by atoms with van der Waals surface area (Å²) in [6.45, 7) is 6.17. The second kappa shape index (κ2) is 14.2. The number of esters is 1. The lowest BCUT2D eigenvalue weighted by molar-refractivity contribution is -0.164. The maximum Gasteiger partial charge on any atom is 0.408 e. The molecule has 10 nitrogen and oxygen atoms in total. The molecule has 0 unspecified atom stereocenters. The number of alkyl carbamates (subject to hydrolysis) is 1. The number of β-lactam (4-membered cyclic amide) rings is 1. The summed E-state index contributed by atoms with van der Waals surface area (Å²) in [4.78, 5) is 57.4. The number of methoxy groups -OCH3 is 1. The fraction of sp³-hybridized carbons (Fsp3) is 0.316. The summed E-state index contributed by atoms with van der Waals surface area (Å²) in [5.74, 6) is -0.484. The van der Waals surface area contributed by atoms with E-state index in [1.165, 1.54) is 16.7 Å². The van der Waals surface area contributed by atoms with E-state index in [4.69, 9.17) is 14.2 Å². The van der Waals surface area contributed by atoms with Crippen molar-refractivity contribution in [1.82, 2.24) is 15.1 Å². The average molecular weight is 682 g/mol. The van der Waals surface area contributed by atoms with Crippen molar-refractivity contribution in [3.63, 3.8) is 0 Å². The first-order chi connectivity index (χ1) is 23.5. The van der Waals surface area contributed by atoms with Gasteiger partial charge in [-0.3, -0.25) is 9.59 Å². The average Bonchev–Trinajstić information content (AvgIpc) is 3.43. The van der Waals surface area contributed by atoms with E-state index < -0.39 is 47.1 Å². The number of rotatable bonds is 9. The molecule has 0 spiro atoms. The van der Waals surface area contributed by atoms with Gasteiger partial charge >= 0.3 is 12.1 Å². The number of thioether (sulfide) groups is 1. The number of ether oxygens (including phenoxy) is 3. The first-order valence-electron chi connectivity index (χ1n) is 16.1. The third kappa shape index (κ3) is 7.51. The van der Waals surface area contributed by atoms with E-state index in [2.05, 4.69) is 5.32 Å². The van der Waals surface area contributed by atoms with Crippen LogP contribution in [0, 0.1) is 0 Å². The maximum absolute atomic E-state index is 14.3. The molecule has 3 heterocycles. The van der Waals surface area contributed by atoms with Crippen LogP contribution >= 0.6 is 11.8 Å². The molecule has 2 fully saturated rings. The summed E-state index contributed by atoms with van der Waals surface area (Å²) in [7, 11) is 1.61. The van der Waals surface area contributed by atoms with Crippen molar-refractivity contribution >= 4 is 35.6 Å². The van der Waals surface area contributed by atoms with Crippen LogP contribution in [0.4, 0.5) is 4.79 Å². The monoisotopic (exact) mass is 681 g/mol. The summed E-state index contributed by atoms with van der Waals surface area (Å²) >= 11 is 1.30. The van der Waals surface area contributed by atoms with Gasteiger partial charge in [0.05, 0.1) is 7.11 Å². The zero-order valence-electron chi connectivity index (χ0n) is 27.8. The third-order valence-electron chi connectivity index (χ3n) is 8.44. The zero-order valence-corrected chi connectivity index (χ0v) is 28.6. The molecule has 3 atom stereocenters. The highest BCUT2D eigenvalue weighted by Gasteiger charge is 2.56. The molecular formula is C38H39N3O7S. The van der Waals surface area contributed by atoms with Gasteiger partial charge in [-0.25, -0.2) is 9.59 Å². The van der Waals surface area contributed by atoms with Crippen molar-refractivity contribution in [3.05, 3.63) is 124 Å². The molecule has 6 rings (SSSR count). The Balaban J connectivity index is 1.28. The Labute approximate surface area is 290 Å². The number of carbonyl (C=O) groups excluding carboxylic acids is 4. The number of benzene rings is 3. The van der Waals surface area contributed by atoms with Crippen LogP contribution in [0.1, 0.15) is 50.0 Å². The molecule has 254 valence electrons. The second-order valence-electron chi connectivity index (χ2n) is 13.0. The van der Waals surface area contributed by atoms with Crippen molar-refractivity contribution < 1.29 is 33.4 Å². The van der Waals surface area contributed by atoms with Crippen LogP contribution in [0.15, 0.2) is 108 Å². The van der Waals surface area contributed by atoms with Crippen LogP contribution < -0.4 is 10.1 Å². The minimum atomic E-state index is -1.14. The molecule has 2 saturated heterocycles. The molecule has 3 aliphatic rings. The molecule has 49 heavy (non-hydrogen) atoms. The van der Waals surface area contributed by atoms with E-state index >= 15 is 0 Å². The smallest absolute Gasteiger partial charge is 0.408 e.